The predicted molar refractivity (Wildman–Crippen MR) is 59.9 cm³/mol. The van der Waals surface area contributed by atoms with Crippen LogP contribution in [0, 0.1) is 0 Å². The zero-order chi connectivity index (χ0) is 14.7. The average molecular weight is 297 g/mol. The molecule has 0 radical (unpaired) electrons. The van der Waals surface area contributed by atoms with E-state index in [1.54, 1.807) is 31.2 Å². The largest absolute Gasteiger partial charge is 0.481 e. The minimum absolute atomic E-state index is 0.184. The van der Waals surface area contributed by atoms with E-state index in [0.717, 1.165) is 0 Å². The Morgan fingerprint density at radius 2 is 1.62 bits per heavy atom. The van der Waals surface area contributed by atoms with E-state index in [1.165, 1.54) is 4.90 Å². The lowest BCUT2D eigenvalue weighted by Crippen LogP contribution is -2.65. The van der Waals surface area contributed by atoms with Crippen molar-refractivity contribution in [2.24, 2.45) is 0 Å². The van der Waals surface area contributed by atoms with E-state index in [-0.39, 0.29) is 6.42 Å². The zero-order valence-corrected chi connectivity index (χ0v) is 10.8. The Hall–Kier alpha value is -1.59. The first-order chi connectivity index (χ1) is 10.1. The third kappa shape index (κ3) is 1.50. The molecule has 0 amide bonds. The number of benzene rings is 1. The maximum Gasteiger partial charge on any atom is 0.327 e. The van der Waals surface area contributed by atoms with E-state index in [0.29, 0.717) is 11.1 Å². The molecule has 1 atom stereocenters. The zero-order valence-electron chi connectivity index (χ0n) is 10.8. The van der Waals surface area contributed by atoms with Gasteiger partial charge in [-0.25, -0.2) is 0 Å². The summed E-state index contributed by atoms with van der Waals surface area (Å²) in [6, 6.07) is 6.45. The highest BCUT2D eigenvalue weighted by atomic mass is 17.6. The molecule has 2 saturated heterocycles. The summed E-state index contributed by atoms with van der Waals surface area (Å²) in [6.07, 6.45) is -0.184. The van der Waals surface area contributed by atoms with Crippen molar-refractivity contribution in [3.05, 3.63) is 35.4 Å². The molecule has 3 aliphatic heterocycles. The quantitative estimate of drug-likeness (QED) is 0.815. The Labute approximate surface area is 118 Å². The second-order valence-corrected chi connectivity index (χ2v) is 5.00. The first-order valence-electron chi connectivity index (χ1n) is 6.28. The molecule has 0 spiro atoms. The molecule has 1 aromatic rings. The highest BCUT2D eigenvalue weighted by Crippen LogP contribution is 2.59. The molecule has 2 fully saturated rings. The Balaban J connectivity index is 1.88. The molecule has 9 heteroatoms. The standard InChI is InChI=1S/C12H11NO8/c1-7(6-10(14)15)13-11-8-4-2-3-5-9(8)12(13,18-20-16-11)19-21-17-11/h2-5,7H,6H2,1H3,(H,14,15). The predicted octanol–water partition coefficient (Wildman–Crippen LogP) is 0.873. The van der Waals surface area contributed by atoms with Crippen molar-refractivity contribution in [2.45, 2.75) is 31.2 Å². The van der Waals surface area contributed by atoms with Crippen LogP contribution in [-0.2, 0) is 46.2 Å². The first kappa shape index (κ1) is 13.1. The SMILES string of the molecule is CC(CC(=O)O)N1C23OOOC1(OOO2)c1ccccc13. The highest BCUT2D eigenvalue weighted by Gasteiger charge is 2.74. The second-order valence-electron chi connectivity index (χ2n) is 5.00. The molecule has 0 saturated carbocycles. The molecule has 0 aliphatic carbocycles. The third-order valence-corrected chi connectivity index (χ3v) is 3.74. The summed E-state index contributed by atoms with van der Waals surface area (Å²) in [6.45, 7) is 1.68. The number of rotatable bonds is 3. The van der Waals surface area contributed by atoms with Gasteiger partial charge >= 0.3 is 17.8 Å². The highest BCUT2D eigenvalue weighted by molar-refractivity contribution is 5.67. The summed E-state index contributed by atoms with van der Waals surface area (Å²) in [5.41, 5.74) is 1.11. The molecule has 2 bridgehead atoms. The van der Waals surface area contributed by atoms with Crippen molar-refractivity contribution in [3.8, 4) is 0 Å². The molecule has 4 rings (SSSR count). The van der Waals surface area contributed by atoms with Gasteiger partial charge in [0.2, 0.25) is 0 Å². The number of carboxylic acid groups (broad SMARTS) is 1. The lowest BCUT2D eigenvalue weighted by molar-refractivity contribution is -0.820. The van der Waals surface area contributed by atoms with Crippen LogP contribution in [0.4, 0.5) is 0 Å². The fourth-order valence-corrected chi connectivity index (χ4v) is 3.00. The van der Waals surface area contributed by atoms with Gasteiger partial charge < -0.3 is 5.11 Å². The van der Waals surface area contributed by atoms with E-state index in [2.05, 4.69) is 10.1 Å². The van der Waals surface area contributed by atoms with Gasteiger partial charge in [-0.15, -0.1) is 19.6 Å². The van der Waals surface area contributed by atoms with Crippen molar-refractivity contribution in [3.63, 3.8) is 0 Å². The maximum atomic E-state index is 11.0. The van der Waals surface area contributed by atoms with Gasteiger partial charge in [0.15, 0.2) is 0 Å². The number of fused-ring (bicyclic) bond motifs is 1. The van der Waals surface area contributed by atoms with Crippen LogP contribution in [0.25, 0.3) is 0 Å². The Morgan fingerprint density at radius 1 is 1.14 bits per heavy atom. The van der Waals surface area contributed by atoms with Crippen LogP contribution in [0.15, 0.2) is 24.3 Å². The van der Waals surface area contributed by atoms with E-state index < -0.39 is 23.8 Å². The lowest BCUT2D eigenvalue weighted by atomic mass is 10.1. The van der Waals surface area contributed by atoms with Crippen molar-refractivity contribution in [1.29, 1.82) is 0 Å². The number of carboxylic acids is 1. The number of hydrogen-bond donors (Lipinski definition) is 1. The minimum atomic E-state index is -1.58. The summed E-state index contributed by atoms with van der Waals surface area (Å²) in [7, 11) is 0. The minimum Gasteiger partial charge on any atom is -0.481 e. The molecule has 9 nitrogen and oxygen atoms in total. The first-order valence-corrected chi connectivity index (χ1v) is 6.28. The summed E-state index contributed by atoms with van der Waals surface area (Å²) >= 11 is 0. The summed E-state index contributed by atoms with van der Waals surface area (Å²) in [5.74, 6) is -4.14. The van der Waals surface area contributed by atoms with Gasteiger partial charge in [-0.2, -0.15) is 4.90 Å². The van der Waals surface area contributed by atoms with Gasteiger partial charge in [-0.05, 0) is 6.92 Å². The van der Waals surface area contributed by atoms with Gasteiger partial charge in [0.1, 0.15) is 0 Å². The smallest absolute Gasteiger partial charge is 0.327 e. The molecule has 0 aromatic heterocycles. The molecule has 1 aromatic carbocycles. The fourth-order valence-electron chi connectivity index (χ4n) is 3.00. The van der Waals surface area contributed by atoms with Gasteiger partial charge in [-0.1, -0.05) is 34.3 Å². The van der Waals surface area contributed by atoms with Crippen molar-refractivity contribution in [2.75, 3.05) is 0 Å². The van der Waals surface area contributed by atoms with Crippen LogP contribution >= 0.6 is 0 Å². The van der Waals surface area contributed by atoms with Crippen molar-refractivity contribution >= 4 is 5.97 Å². The Kier molecular flexibility index (Phi) is 2.63. The topological polar surface area (TPSA) is 95.9 Å². The summed E-state index contributed by atoms with van der Waals surface area (Å²) < 4.78 is 0. The Bertz CT molecular complexity index is 556. The molecular weight excluding hydrogens is 286 g/mol. The second kappa shape index (κ2) is 4.21. The van der Waals surface area contributed by atoms with Crippen molar-refractivity contribution in [1.82, 2.24) is 4.90 Å². The van der Waals surface area contributed by atoms with Crippen LogP contribution in [0.5, 0.6) is 0 Å². The molecule has 1 unspecified atom stereocenters. The lowest BCUT2D eigenvalue weighted by Gasteiger charge is -2.49. The number of carbonyl (C=O) groups is 1. The molecule has 21 heavy (non-hydrogen) atoms. The molecule has 112 valence electrons. The summed E-state index contributed by atoms with van der Waals surface area (Å²) in [4.78, 5) is 33.1. The van der Waals surface area contributed by atoms with Gasteiger partial charge in [0.25, 0.3) is 0 Å². The molecule has 3 aliphatic rings. The van der Waals surface area contributed by atoms with Crippen molar-refractivity contribution < 1.29 is 39.5 Å². The number of aliphatic carboxylic acids is 1. The number of hydrogen-bond acceptors (Lipinski definition) is 8. The maximum absolute atomic E-state index is 11.0. The van der Waals surface area contributed by atoms with Crippen LogP contribution in [-0.4, -0.2) is 22.0 Å². The van der Waals surface area contributed by atoms with E-state index in [4.69, 9.17) is 24.7 Å². The average Bonchev–Trinajstić information content (AvgIpc) is 2.53. The molecule has 1 N–H and O–H groups in total. The van der Waals surface area contributed by atoms with Gasteiger partial charge in [0, 0.05) is 17.2 Å². The Morgan fingerprint density at radius 3 is 2.05 bits per heavy atom. The van der Waals surface area contributed by atoms with Crippen LogP contribution in [0.3, 0.4) is 0 Å². The molecule has 3 heterocycles. The van der Waals surface area contributed by atoms with Gasteiger partial charge in [0.05, 0.1) is 6.42 Å². The van der Waals surface area contributed by atoms with E-state index in [9.17, 15) is 4.79 Å². The van der Waals surface area contributed by atoms with Gasteiger partial charge in [-0.3, -0.25) is 4.79 Å². The van der Waals surface area contributed by atoms with E-state index in [1.807, 2.05) is 0 Å². The third-order valence-electron chi connectivity index (χ3n) is 3.74. The summed E-state index contributed by atoms with van der Waals surface area (Å²) in [5, 5.41) is 18.3. The molecular formula is C12H11NO8. The van der Waals surface area contributed by atoms with Crippen LogP contribution in [0.1, 0.15) is 24.5 Å². The fraction of sp³-hybridized carbons (Fsp3) is 0.417. The monoisotopic (exact) mass is 297 g/mol. The van der Waals surface area contributed by atoms with Crippen LogP contribution < -0.4 is 0 Å². The normalized spacial score (nSPS) is 35.3. The van der Waals surface area contributed by atoms with Crippen LogP contribution in [0.2, 0.25) is 0 Å². The number of nitrogens with zero attached hydrogens (tertiary/aromatic N) is 1. The van der Waals surface area contributed by atoms with E-state index >= 15 is 0 Å².